The smallest absolute Gasteiger partial charge is 0.220 e. The molecule has 2 unspecified atom stereocenters. The van der Waals surface area contributed by atoms with Crippen LogP contribution in [0.25, 0.3) is 0 Å². The van der Waals surface area contributed by atoms with Crippen molar-refractivity contribution in [3.63, 3.8) is 0 Å². The molecule has 0 spiro atoms. The molecule has 0 aromatic heterocycles. The number of fused-ring (bicyclic) bond motifs is 3. The lowest BCUT2D eigenvalue weighted by Gasteiger charge is -2.43. The Kier molecular flexibility index (Phi) is 5.96. The predicted molar refractivity (Wildman–Crippen MR) is 112 cm³/mol. The van der Waals surface area contributed by atoms with E-state index < -0.39 is 0 Å². The van der Waals surface area contributed by atoms with Crippen molar-refractivity contribution in [1.29, 1.82) is 0 Å². The van der Waals surface area contributed by atoms with Gasteiger partial charge in [-0.15, -0.1) is 0 Å². The Hall–Kier alpha value is -2.33. The normalized spacial score (nSPS) is 21.5. The van der Waals surface area contributed by atoms with Crippen molar-refractivity contribution in [3.05, 3.63) is 65.2 Å². The first-order valence-corrected chi connectivity index (χ1v) is 10.4. The number of nitrogens with zero attached hydrogens (tertiary/aromatic N) is 1. The lowest BCUT2D eigenvalue weighted by Crippen LogP contribution is -2.43. The van der Waals surface area contributed by atoms with E-state index >= 15 is 0 Å². The number of carbonyl (C=O) groups excluding carboxylic acids is 1. The molecule has 2 heterocycles. The Morgan fingerprint density at radius 3 is 2.86 bits per heavy atom. The molecule has 2 atom stereocenters. The molecule has 1 amide bonds. The first-order valence-electron chi connectivity index (χ1n) is 10.4. The minimum Gasteiger partial charge on any atom is -0.497 e. The maximum Gasteiger partial charge on any atom is 0.220 e. The molecule has 2 aliphatic heterocycles. The van der Waals surface area contributed by atoms with Crippen LogP contribution in [0.4, 0.5) is 0 Å². The molecule has 1 saturated heterocycles. The summed E-state index contributed by atoms with van der Waals surface area (Å²) in [7, 11) is 1.73. The number of carbonyl (C=O) groups is 1. The van der Waals surface area contributed by atoms with Crippen LogP contribution in [0.2, 0.25) is 0 Å². The Balaban J connectivity index is 1.30. The van der Waals surface area contributed by atoms with Crippen molar-refractivity contribution in [1.82, 2.24) is 10.2 Å². The topological polar surface area (TPSA) is 41.6 Å². The summed E-state index contributed by atoms with van der Waals surface area (Å²) in [6, 6.07) is 17.2. The summed E-state index contributed by atoms with van der Waals surface area (Å²) in [5.74, 6) is 1.67. The molecule has 2 aromatic rings. The summed E-state index contributed by atoms with van der Waals surface area (Å²) in [5.41, 5.74) is 4.10. The maximum absolute atomic E-state index is 12.3. The van der Waals surface area contributed by atoms with Gasteiger partial charge in [-0.3, -0.25) is 9.69 Å². The zero-order chi connectivity index (χ0) is 19.3. The lowest BCUT2D eigenvalue weighted by atomic mass is 9.82. The van der Waals surface area contributed by atoms with E-state index in [9.17, 15) is 4.79 Å². The van der Waals surface area contributed by atoms with Crippen LogP contribution in [0.15, 0.2) is 48.5 Å². The Bertz CT molecular complexity index is 806. The highest BCUT2D eigenvalue weighted by Crippen LogP contribution is 2.39. The van der Waals surface area contributed by atoms with E-state index in [1.54, 1.807) is 7.11 Å². The van der Waals surface area contributed by atoms with Gasteiger partial charge in [-0.25, -0.2) is 0 Å². The third-order valence-electron chi connectivity index (χ3n) is 6.27. The van der Waals surface area contributed by atoms with Gasteiger partial charge in [-0.2, -0.15) is 0 Å². The number of rotatable bonds is 6. The molecule has 0 radical (unpaired) electrons. The molecule has 4 rings (SSSR count). The zero-order valence-corrected chi connectivity index (χ0v) is 16.7. The molecule has 2 aliphatic rings. The van der Waals surface area contributed by atoms with Gasteiger partial charge in [0.25, 0.3) is 0 Å². The highest BCUT2D eigenvalue weighted by Gasteiger charge is 2.33. The van der Waals surface area contributed by atoms with Crippen LogP contribution < -0.4 is 10.1 Å². The monoisotopic (exact) mass is 378 g/mol. The zero-order valence-electron chi connectivity index (χ0n) is 16.7. The fraction of sp³-hybridized carbons (Fsp3) is 0.458. The highest BCUT2D eigenvalue weighted by atomic mass is 16.5. The number of amides is 1. The van der Waals surface area contributed by atoms with Crippen LogP contribution in [0, 0.1) is 5.92 Å². The van der Waals surface area contributed by atoms with Gasteiger partial charge in [-0.05, 0) is 67.0 Å². The molecular weight excluding hydrogens is 348 g/mol. The predicted octanol–water partition coefficient (Wildman–Crippen LogP) is 3.75. The van der Waals surface area contributed by atoms with Crippen LogP contribution in [0.1, 0.15) is 42.0 Å². The maximum atomic E-state index is 12.3. The summed E-state index contributed by atoms with van der Waals surface area (Å²) in [6.07, 6.45) is 4.76. The van der Waals surface area contributed by atoms with E-state index in [0.29, 0.717) is 18.4 Å². The standard InChI is InChI=1S/C24H30N2O2/c1-28-21-8-9-22-20(16-21)12-14-26-13-11-19(15-23(22)26)17-25-24(27)10-7-18-5-3-2-4-6-18/h2-6,8-9,16,19,23H,7,10-15,17H2,1H3,(H,25,27). The van der Waals surface area contributed by atoms with Gasteiger partial charge < -0.3 is 10.1 Å². The van der Waals surface area contributed by atoms with Gasteiger partial charge in [0.15, 0.2) is 0 Å². The Morgan fingerprint density at radius 2 is 2.04 bits per heavy atom. The van der Waals surface area contributed by atoms with Crippen LogP contribution in [-0.2, 0) is 17.6 Å². The average molecular weight is 379 g/mol. The van der Waals surface area contributed by atoms with Crippen LogP contribution in [0.3, 0.4) is 0 Å². The molecule has 28 heavy (non-hydrogen) atoms. The molecule has 2 aromatic carbocycles. The number of methoxy groups -OCH3 is 1. The van der Waals surface area contributed by atoms with Crippen molar-refractivity contribution in [2.45, 2.75) is 38.1 Å². The molecule has 4 heteroatoms. The molecule has 1 fully saturated rings. The number of ether oxygens (including phenoxy) is 1. The van der Waals surface area contributed by atoms with Gasteiger partial charge in [-0.1, -0.05) is 36.4 Å². The molecule has 0 saturated carbocycles. The van der Waals surface area contributed by atoms with Crippen LogP contribution in [0.5, 0.6) is 5.75 Å². The van der Waals surface area contributed by atoms with Gasteiger partial charge in [0.2, 0.25) is 5.91 Å². The summed E-state index contributed by atoms with van der Waals surface area (Å²) < 4.78 is 5.40. The third kappa shape index (κ3) is 4.39. The molecule has 0 bridgehead atoms. The number of aryl methyl sites for hydroxylation is 1. The molecule has 4 nitrogen and oxygen atoms in total. The number of hydrogen-bond acceptors (Lipinski definition) is 3. The third-order valence-corrected chi connectivity index (χ3v) is 6.27. The van der Waals surface area contributed by atoms with E-state index in [4.69, 9.17) is 4.74 Å². The first-order chi connectivity index (χ1) is 13.7. The molecule has 1 N–H and O–H groups in total. The Labute approximate surface area is 167 Å². The molecule has 148 valence electrons. The van der Waals surface area contributed by atoms with Crippen molar-refractivity contribution in [2.75, 3.05) is 26.7 Å². The Morgan fingerprint density at radius 1 is 1.18 bits per heavy atom. The SMILES string of the molecule is COc1ccc2c(c1)CCN1CCC(CNC(=O)CCc3ccccc3)CC21. The fourth-order valence-electron chi connectivity index (χ4n) is 4.63. The van der Waals surface area contributed by atoms with Gasteiger partial charge in [0.1, 0.15) is 5.75 Å². The van der Waals surface area contributed by atoms with Crippen molar-refractivity contribution >= 4 is 5.91 Å². The number of hydrogen-bond donors (Lipinski definition) is 1. The fourth-order valence-corrected chi connectivity index (χ4v) is 4.63. The van der Waals surface area contributed by atoms with Crippen LogP contribution in [-0.4, -0.2) is 37.6 Å². The minimum atomic E-state index is 0.167. The second kappa shape index (κ2) is 8.78. The largest absolute Gasteiger partial charge is 0.497 e. The van der Waals surface area contributed by atoms with Crippen LogP contribution >= 0.6 is 0 Å². The number of nitrogens with one attached hydrogen (secondary N) is 1. The molecular formula is C24H30N2O2. The van der Waals surface area contributed by atoms with Crippen molar-refractivity contribution in [2.24, 2.45) is 5.92 Å². The summed E-state index contributed by atoms with van der Waals surface area (Å²) in [4.78, 5) is 14.9. The van der Waals surface area contributed by atoms with E-state index in [0.717, 1.165) is 44.6 Å². The van der Waals surface area contributed by atoms with E-state index in [-0.39, 0.29) is 5.91 Å². The highest BCUT2D eigenvalue weighted by molar-refractivity contribution is 5.76. The van der Waals surface area contributed by atoms with E-state index in [1.165, 1.54) is 23.1 Å². The average Bonchev–Trinajstić information content (AvgIpc) is 2.76. The number of benzene rings is 2. The van der Waals surface area contributed by atoms with E-state index in [1.807, 2.05) is 18.2 Å². The van der Waals surface area contributed by atoms with Crippen molar-refractivity contribution in [3.8, 4) is 5.75 Å². The second-order valence-electron chi connectivity index (χ2n) is 8.05. The summed E-state index contributed by atoms with van der Waals surface area (Å²) in [6.45, 7) is 3.05. The quantitative estimate of drug-likeness (QED) is 0.832. The summed E-state index contributed by atoms with van der Waals surface area (Å²) in [5, 5.41) is 3.18. The summed E-state index contributed by atoms with van der Waals surface area (Å²) >= 11 is 0. The lowest BCUT2D eigenvalue weighted by molar-refractivity contribution is -0.121. The minimum absolute atomic E-state index is 0.167. The van der Waals surface area contributed by atoms with Gasteiger partial charge in [0.05, 0.1) is 7.11 Å². The van der Waals surface area contributed by atoms with Gasteiger partial charge in [0, 0.05) is 25.6 Å². The van der Waals surface area contributed by atoms with E-state index in [2.05, 4.69) is 40.5 Å². The van der Waals surface area contributed by atoms with Gasteiger partial charge >= 0.3 is 0 Å². The first kappa shape index (κ1) is 19.0. The second-order valence-corrected chi connectivity index (χ2v) is 8.05. The number of piperidine rings is 1. The molecule has 0 aliphatic carbocycles. The van der Waals surface area contributed by atoms with Crippen molar-refractivity contribution < 1.29 is 9.53 Å².